The molecule has 6 heteroatoms. The van der Waals surface area contributed by atoms with Crippen molar-refractivity contribution in [3.63, 3.8) is 0 Å². The summed E-state index contributed by atoms with van der Waals surface area (Å²) in [5, 5.41) is 0. The summed E-state index contributed by atoms with van der Waals surface area (Å²) in [5.74, 6) is -0.832. The molecular weight excluding hydrogens is 192 g/mol. The van der Waals surface area contributed by atoms with Gasteiger partial charge in [-0.3, -0.25) is 9.52 Å². The average Bonchev–Trinajstić information content (AvgIpc) is 2.04. The van der Waals surface area contributed by atoms with Crippen molar-refractivity contribution >= 4 is 15.9 Å². The van der Waals surface area contributed by atoms with Gasteiger partial charge in [-0.1, -0.05) is 6.08 Å². The summed E-state index contributed by atoms with van der Waals surface area (Å²) in [7, 11) is -3.50. The van der Waals surface area contributed by atoms with Crippen LogP contribution >= 0.6 is 0 Å². The lowest BCUT2D eigenvalue weighted by molar-refractivity contribution is -0.120. The number of nitrogens with one attached hydrogen (secondary N) is 1. The maximum absolute atomic E-state index is 11.0. The number of amides is 1. The predicted octanol–water partition coefficient (Wildman–Crippen LogP) is -0.644. The molecule has 1 unspecified atom stereocenters. The van der Waals surface area contributed by atoms with Crippen LogP contribution in [0.4, 0.5) is 0 Å². The first-order valence-electron chi connectivity index (χ1n) is 3.83. The molecule has 0 aliphatic heterocycles. The zero-order valence-electron chi connectivity index (χ0n) is 7.49. The Labute approximate surface area is 78.1 Å². The smallest absolute Gasteiger partial charge is 0.250 e. The SMILES string of the molecule is C=CCC(N)C(=O)NS(=O)(=O)CC. The number of nitrogens with two attached hydrogens (primary N) is 1. The summed E-state index contributed by atoms with van der Waals surface area (Å²) in [6.07, 6.45) is 1.72. The van der Waals surface area contributed by atoms with E-state index in [0.29, 0.717) is 0 Å². The van der Waals surface area contributed by atoms with Crippen LogP contribution in [-0.2, 0) is 14.8 Å². The Morgan fingerprint density at radius 1 is 1.69 bits per heavy atom. The third-order valence-electron chi connectivity index (χ3n) is 1.39. The van der Waals surface area contributed by atoms with Crippen molar-refractivity contribution in [2.24, 2.45) is 5.73 Å². The molecule has 0 saturated carbocycles. The molecule has 0 saturated heterocycles. The molecule has 0 aromatic carbocycles. The molecule has 0 aromatic heterocycles. The Morgan fingerprint density at radius 3 is 2.62 bits per heavy atom. The monoisotopic (exact) mass is 206 g/mol. The first-order valence-corrected chi connectivity index (χ1v) is 5.49. The molecule has 0 bridgehead atoms. The Kier molecular flexibility index (Phi) is 4.64. The lowest BCUT2D eigenvalue weighted by Crippen LogP contribution is -2.43. The number of hydrogen-bond acceptors (Lipinski definition) is 4. The zero-order chi connectivity index (χ0) is 10.5. The van der Waals surface area contributed by atoms with Crippen molar-refractivity contribution in [2.45, 2.75) is 19.4 Å². The van der Waals surface area contributed by atoms with Gasteiger partial charge in [-0.05, 0) is 13.3 Å². The van der Waals surface area contributed by atoms with Crippen LogP contribution in [0, 0.1) is 0 Å². The Morgan fingerprint density at radius 2 is 2.23 bits per heavy atom. The molecule has 0 fully saturated rings. The van der Waals surface area contributed by atoms with E-state index in [1.807, 2.05) is 4.72 Å². The van der Waals surface area contributed by atoms with Gasteiger partial charge >= 0.3 is 0 Å². The summed E-state index contributed by atoms with van der Waals surface area (Å²) >= 11 is 0. The van der Waals surface area contributed by atoms with E-state index in [4.69, 9.17) is 5.73 Å². The molecule has 1 amide bonds. The van der Waals surface area contributed by atoms with Gasteiger partial charge in [-0.15, -0.1) is 6.58 Å². The minimum atomic E-state index is -3.50. The Hall–Kier alpha value is -0.880. The van der Waals surface area contributed by atoms with Gasteiger partial charge in [0.15, 0.2) is 0 Å². The highest BCUT2D eigenvalue weighted by molar-refractivity contribution is 7.90. The molecule has 13 heavy (non-hydrogen) atoms. The highest BCUT2D eigenvalue weighted by Gasteiger charge is 2.17. The second kappa shape index (κ2) is 4.98. The molecule has 0 spiro atoms. The van der Waals surface area contributed by atoms with Gasteiger partial charge in [-0.2, -0.15) is 0 Å². The van der Waals surface area contributed by atoms with Gasteiger partial charge in [0.05, 0.1) is 11.8 Å². The van der Waals surface area contributed by atoms with Gasteiger partial charge < -0.3 is 5.73 Å². The van der Waals surface area contributed by atoms with E-state index in [1.165, 1.54) is 13.0 Å². The molecule has 0 heterocycles. The summed E-state index contributed by atoms with van der Waals surface area (Å²) < 4.78 is 23.7. The van der Waals surface area contributed by atoms with Crippen LogP contribution in [0.5, 0.6) is 0 Å². The second-order valence-electron chi connectivity index (χ2n) is 2.50. The molecule has 76 valence electrons. The molecule has 0 aliphatic rings. The highest BCUT2D eigenvalue weighted by Crippen LogP contribution is 1.91. The molecule has 3 N–H and O–H groups in total. The maximum Gasteiger partial charge on any atom is 0.250 e. The highest BCUT2D eigenvalue weighted by atomic mass is 32.2. The van der Waals surface area contributed by atoms with Gasteiger partial charge in [-0.25, -0.2) is 8.42 Å². The van der Waals surface area contributed by atoms with Crippen molar-refractivity contribution in [1.82, 2.24) is 4.72 Å². The van der Waals surface area contributed by atoms with E-state index < -0.39 is 22.0 Å². The minimum Gasteiger partial charge on any atom is -0.320 e. The van der Waals surface area contributed by atoms with Gasteiger partial charge in [0.1, 0.15) is 0 Å². The van der Waals surface area contributed by atoms with Crippen molar-refractivity contribution in [3.05, 3.63) is 12.7 Å². The maximum atomic E-state index is 11.0. The second-order valence-corrected chi connectivity index (χ2v) is 4.51. The van der Waals surface area contributed by atoms with Crippen molar-refractivity contribution in [2.75, 3.05) is 5.75 Å². The average molecular weight is 206 g/mol. The van der Waals surface area contributed by atoms with Crippen LogP contribution in [0.1, 0.15) is 13.3 Å². The third-order valence-corrected chi connectivity index (χ3v) is 2.67. The van der Waals surface area contributed by atoms with Crippen LogP contribution in [0.3, 0.4) is 0 Å². The fraction of sp³-hybridized carbons (Fsp3) is 0.571. The summed E-state index contributed by atoms with van der Waals surface area (Å²) in [4.78, 5) is 11.0. The normalized spacial score (nSPS) is 13.4. The van der Waals surface area contributed by atoms with E-state index >= 15 is 0 Å². The molecule has 1 atom stereocenters. The minimum absolute atomic E-state index is 0.139. The summed E-state index contributed by atoms with van der Waals surface area (Å²) in [5.41, 5.74) is 5.34. The molecule has 0 aliphatic carbocycles. The number of carbonyl (C=O) groups excluding carboxylic acids is 1. The Balaban J connectivity index is 4.23. The van der Waals surface area contributed by atoms with Crippen molar-refractivity contribution in [1.29, 1.82) is 0 Å². The molecular formula is C7H14N2O3S. The number of rotatable bonds is 5. The zero-order valence-corrected chi connectivity index (χ0v) is 8.30. The van der Waals surface area contributed by atoms with Gasteiger partial charge in [0.2, 0.25) is 10.0 Å². The van der Waals surface area contributed by atoms with E-state index in [0.717, 1.165) is 0 Å². The largest absolute Gasteiger partial charge is 0.320 e. The van der Waals surface area contributed by atoms with Crippen LogP contribution < -0.4 is 10.5 Å². The van der Waals surface area contributed by atoms with Crippen molar-refractivity contribution in [3.8, 4) is 0 Å². The summed E-state index contributed by atoms with van der Waals surface area (Å²) in [6, 6.07) is -0.848. The first-order chi connectivity index (χ1) is 5.93. The molecule has 5 nitrogen and oxygen atoms in total. The van der Waals surface area contributed by atoms with E-state index in [-0.39, 0.29) is 12.2 Å². The molecule has 0 rings (SSSR count). The predicted molar refractivity (Wildman–Crippen MR) is 50.4 cm³/mol. The standard InChI is InChI=1S/C7H14N2O3S/c1-3-5-6(8)7(10)9-13(11,12)4-2/h3,6H,1,4-5,8H2,2H3,(H,9,10). The molecule has 0 radical (unpaired) electrons. The lowest BCUT2D eigenvalue weighted by Gasteiger charge is -2.09. The fourth-order valence-corrected chi connectivity index (χ4v) is 1.19. The molecule has 0 aromatic rings. The first kappa shape index (κ1) is 12.1. The van der Waals surface area contributed by atoms with E-state index in [2.05, 4.69) is 6.58 Å². The fourth-order valence-electron chi connectivity index (χ4n) is 0.588. The van der Waals surface area contributed by atoms with Crippen LogP contribution in [0.2, 0.25) is 0 Å². The van der Waals surface area contributed by atoms with Crippen LogP contribution in [0.25, 0.3) is 0 Å². The number of sulfonamides is 1. The summed E-state index contributed by atoms with van der Waals surface area (Å²) in [6.45, 7) is 4.83. The number of hydrogen-bond donors (Lipinski definition) is 2. The van der Waals surface area contributed by atoms with E-state index in [1.54, 1.807) is 0 Å². The quantitative estimate of drug-likeness (QED) is 0.585. The topological polar surface area (TPSA) is 89.3 Å². The van der Waals surface area contributed by atoms with Crippen LogP contribution in [-0.4, -0.2) is 26.1 Å². The third kappa shape index (κ3) is 4.64. The van der Waals surface area contributed by atoms with Crippen LogP contribution in [0.15, 0.2) is 12.7 Å². The van der Waals surface area contributed by atoms with Gasteiger partial charge in [0.25, 0.3) is 5.91 Å². The van der Waals surface area contributed by atoms with Gasteiger partial charge in [0, 0.05) is 0 Å². The van der Waals surface area contributed by atoms with Crippen molar-refractivity contribution < 1.29 is 13.2 Å². The number of carbonyl (C=O) groups is 1. The lowest BCUT2D eigenvalue weighted by atomic mass is 10.2. The Bertz CT molecular complexity index is 284. The van der Waals surface area contributed by atoms with E-state index in [9.17, 15) is 13.2 Å².